The van der Waals surface area contributed by atoms with Crippen LogP contribution in [-0.2, 0) is 9.53 Å². The van der Waals surface area contributed by atoms with E-state index in [1.54, 1.807) is 29.2 Å². The van der Waals surface area contributed by atoms with Crippen LogP contribution in [0.2, 0.25) is 0 Å². The highest BCUT2D eigenvalue weighted by atomic mass is 19.1. The van der Waals surface area contributed by atoms with Crippen molar-refractivity contribution >= 4 is 17.5 Å². The molecule has 0 bridgehead atoms. The van der Waals surface area contributed by atoms with Crippen LogP contribution in [0.25, 0.3) is 11.3 Å². The lowest BCUT2D eigenvalue weighted by atomic mass is 10.1. The number of halogens is 1. The molecule has 2 heterocycles. The maximum Gasteiger partial charge on any atom is 0.253 e. The van der Waals surface area contributed by atoms with E-state index in [0.717, 1.165) is 6.20 Å². The second-order valence-corrected chi connectivity index (χ2v) is 4.57. The normalized spacial score (nSPS) is 15.3. The van der Waals surface area contributed by atoms with Crippen molar-refractivity contribution in [2.24, 2.45) is 0 Å². The molecule has 0 atom stereocenters. The van der Waals surface area contributed by atoms with Gasteiger partial charge in [-0.05, 0) is 12.1 Å². The summed E-state index contributed by atoms with van der Waals surface area (Å²) < 4.78 is 18.9. The van der Waals surface area contributed by atoms with Gasteiger partial charge in [0.2, 0.25) is 5.95 Å². The lowest BCUT2D eigenvalue weighted by Crippen LogP contribution is -2.41. The van der Waals surface area contributed by atoms with Crippen LogP contribution in [0.1, 0.15) is 1.43 Å². The molecule has 0 aliphatic carbocycles. The first-order valence-electron chi connectivity index (χ1n) is 6.42. The van der Waals surface area contributed by atoms with Crippen LogP contribution >= 0.6 is 0 Å². The molecule has 0 radical (unpaired) electrons. The van der Waals surface area contributed by atoms with E-state index in [4.69, 9.17) is 10.5 Å². The minimum atomic E-state index is -0.561. The predicted octanol–water partition coefficient (Wildman–Crippen LogP) is 1.47. The van der Waals surface area contributed by atoms with Crippen LogP contribution < -0.4 is 10.6 Å². The monoisotopic (exact) mass is 290 g/mol. The molecule has 1 aromatic carbocycles. The number of hydrogen-bond donors (Lipinski definition) is 1. The maximum absolute atomic E-state index is 13.8. The van der Waals surface area contributed by atoms with Gasteiger partial charge < -0.3 is 15.4 Å². The highest BCUT2D eigenvalue weighted by Crippen LogP contribution is 2.26. The van der Waals surface area contributed by atoms with Gasteiger partial charge in [0.05, 0.1) is 12.8 Å². The molecule has 7 heteroatoms. The van der Waals surface area contributed by atoms with Crippen LogP contribution in [-0.4, -0.2) is 35.6 Å². The Morgan fingerprint density at radius 2 is 2.29 bits per heavy atom. The Bertz CT molecular complexity index is 698. The molecule has 2 aromatic rings. The lowest BCUT2D eigenvalue weighted by Gasteiger charge is -2.27. The summed E-state index contributed by atoms with van der Waals surface area (Å²) in [5.74, 6) is -0.685. The van der Waals surface area contributed by atoms with E-state index in [-0.39, 0.29) is 25.6 Å². The van der Waals surface area contributed by atoms with Crippen molar-refractivity contribution in [3.63, 3.8) is 0 Å². The number of carbonyl (C=O) groups excluding carboxylic acids is 1. The fraction of sp³-hybridized carbons (Fsp3) is 0.214. The van der Waals surface area contributed by atoms with Crippen molar-refractivity contribution in [1.29, 1.82) is 0 Å². The number of nitrogen functional groups attached to an aromatic ring is 1. The van der Waals surface area contributed by atoms with Gasteiger partial charge in [-0.1, -0.05) is 12.1 Å². The fourth-order valence-electron chi connectivity index (χ4n) is 2.20. The first-order valence-corrected chi connectivity index (χ1v) is 6.42. The number of amides is 1. The third-order valence-electron chi connectivity index (χ3n) is 3.18. The topological polar surface area (TPSA) is 81.3 Å². The number of nitrogens with two attached hydrogens (primary N) is 1. The number of rotatable bonds is 2. The average Bonchev–Trinajstić information content (AvgIpc) is 2.50. The van der Waals surface area contributed by atoms with Crippen molar-refractivity contribution in [3.8, 4) is 11.3 Å². The van der Waals surface area contributed by atoms with E-state index >= 15 is 0 Å². The fourth-order valence-corrected chi connectivity index (χ4v) is 2.20. The van der Waals surface area contributed by atoms with Crippen molar-refractivity contribution in [2.75, 3.05) is 30.4 Å². The van der Waals surface area contributed by atoms with Crippen LogP contribution in [0.4, 0.5) is 16.0 Å². The van der Waals surface area contributed by atoms with E-state index in [0.29, 0.717) is 24.4 Å². The Kier molecular flexibility index (Phi) is 3.49. The van der Waals surface area contributed by atoms with Crippen molar-refractivity contribution < 1.29 is 15.3 Å². The number of aromatic nitrogens is 2. The van der Waals surface area contributed by atoms with Crippen molar-refractivity contribution in [3.05, 3.63) is 36.3 Å². The molecule has 6 nitrogen and oxygen atoms in total. The first-order chi connectivity index (χ1) is 10.1. The molecule has 1 saturated heterocycles. The number of carbonyl (C=O) groups is 1. The standard InChI is InChI=1S/C14H13FN4O2.H2/c15-11-7-17-14(16)18-13(11)9-2-1-3-10(6-9)19-4-5-21-8-12(19)20;/h1-3,6-7H,4-5,8H2,(H2,16,17,18);1H. The minimum Gasteiger partial charge on any atom is -0.370 e. The molecule has 3 rings (SSSR count). The zero-order valence-corrected chi connectivity index (χ0v) is 11.1. The third-order valence-corrected chi connectivity index (χ3v) is 3.18. The lowest BCUT2D eigenvalue weighted by molar-refractivity contribution is -0.125. The number of ether oxygens (including phenoxy) is 1. The molecule has 1 aliphatic heterocycles. The Morgan fingerprint density at radius 3 is 3.10 bits per heavy atom. The van der Waals surface area contributed by atoms with E-state index in [1.807, 2.05) is 0 Å². The Hall–Kier alpha value is -2.54. The van der Waals surface area contributed by atoms with Crippen LogP contribution in [0.15, 0.2) is 30.5 Å². The van der Waals surface area contributed by atoms with Gasteiger partial charge in [-0.15, -0.1) is 0 Å². The molecule has 110 valence electrons. The van der Waals surface area contributed by atoms with Crippen LogP contribution in [0, 0.1) is 5.82 Å². The molecule has 0 saturated carbocycles. The zero-order valence-electron chi connectivity index (χ0n) is 11.1. The smallest absolute Gasteiger partial charge is 0.253 e. The molecule has 1 aliphatic rings. The number of hydrogen-bond acceptors (Lipinski definition) is 5. The maximum atomic E-state index is 13.8. The Balaban J connectivity index is 0.00000176. The summed E-state index contributed by atoms with van der Waals surface area (Å²) in [7, 11) is 0. The Labute approximate surface area is 121 Å². The summed E-state index contributed by atoms with van der Waals surface area (Å²) in [4.78, 5) is 21.0. The van der Waals surface area contributed by atoms with Gasteiger partial charge in [0.25, 0.3) is 5.91 Å². The minimum absolute atomic E-state index is 0. The Morgan fingerprint density at radius 1 is 1.43 bits per heavy atom. The summed E-state index contributed by atoms with van der Waals surface area (Å²) in [6, 6.07) is 6.94. The molecule has 2 N–H and O–H groups in total. The number of benzene rings is 1. The summed E-state index contributed by atoms with van der Waals surface area (Å²) in [6.07, 6.45) is 1.03. The van der Waals surface area contributed by atoms with Gasteiger partial charge >= 0.3 is 0 Å². The highest BCUT2D eigenvalue weighted by Gasteiger charge is 2.20. The van der Waals surface area contributed by atoms with Gasteiger partial charge in [0.15, 0.2) is 5.82 Å². The van der Waals surface area contributed by atoms with Gasteiger partial charge in [-0.2, -0.15) is 0 Å². The molecule has 21 heavy (non-hydrogen) atoms. The largest absolute Gasteiger partial charge is 0.370 e. The summed E-state index contributed by atoms with van der Waals surface area (Å²) >= 11 is 0. The molecule has 1 amide bonds. The molecule has 0 spiro atoms. The SMILES string of the molecule is Nc1ncc(F)c(-c2cccc(N3CCOCC3=O)c2)n1.[HH]. The number of nitrogens with zero attached hydrogens (tertiary/aromatic N) is 3. The van der Waals surface area contributed by atoms with Crippen LogP contribution in [0.3, 0.4) is 0 Å². The van der Waals surface area contributed by atoms with Gasteiger partial charge in [0, 0.05) is 19.2 Å². The van der Waals surface area contributed by atoms with E-state index in [1.165, 1.54) is 0 Å². The zero-order chi connectivity index (χ0) is 14.8. The molecule has 0 unspecified atom stereocenters. The molecular weight excluding hydrogens is 275 g/mol. The number of anilines is 2. The van der Waals surface area contributed by atoms with E-state index in [2.05, 4.69) is 9.97 Å². The van der Waals surface area contributed by atoms with Crippen LogP contribution in [0.5, 0.6) is 0 Å². The van der Waals surface area contributed by atoms with Gasteiger partial charge in [0.1, 0.15) is 12.3 Å². The van der Waals surface area contributed by atoms with Gasteiger partial charge in [-0.3, -0.25) is 4.79 Å². The summed E-state index contributed by atoms with van der Waals surface area (Å²) in [5.41, 5.74) is 6.83. The average molecular weight is 290 g/mol. The predicted molar refractivity (Wildman–Crippen MR) is 77.1 cm³/mol. The summed E-state index contributed by atoms with van der Waals surface area (Å²) in [5, 5.41) is 0. The molecular formula is C14H15FN4O2. The van der Waals surface area contributed by atoms with E-state index in [9.17, 15) is 9.18 Å². The highest BCUT2D eigenvalue weighted by molar-refractivity contribution is 5.95. The molecule has 1 fully saturated rings. The second-order valence-electron chi connectivity index (χ2n) is 4.57. The number of morpholine rings is 1. The first kappa shape index (κ1) is 13.4. The second kappa shape index (κ2) is 5.45. The quantitative estimate of drug-likeness (QED) is 0.906. The van der Waals surface area contributed by atoms with Crippen molar-refractivity contribution in [2.45, 2.75) is 0 Å². The van der Waals surface area contributed by atoms with Crippen molar-refractivity contribution in [1.82, 2.24) is 9.97 Å². The van der Waals surface area contributed by atoms with E-state index < -0.39 is 5.82 Å². The molecule has 1 aromatic heterocycles. The third kappa shape index (κ3) is 2.68. The van der Waals surface area contributed by atoms with Gasteiger partial charge in [-0.25, -0.2) is 14.4 Å². The summed E-state index contributed by atoms with van der Waals surface area (Å²) in [6.45, 7) is 1.00.